The lowest BCUT2D eigenvalue weighted by Crippen LogP contribution is -1.63. The van der Waals surface area contributed by atoms with Gasteiger partial charge in [-0.3, -0.25) is 0 Å². The number of para-hydroxylation sites is 2. The molecule has 0 radical (unpaired) electrons. The number of aromatic nitrogens is 2. The number of hydrogen-bond donors (Lipinski definition) is 2. The van der Waals surface area contributed by atoms with Gasteiger partial charge in [0.15, 0.2) is 0 Å². The second-order valence-electron chi connectivity index (χ2n) is 1.92. The minimum absolute atomic E-state index is 0. The number of rotatable bonds is 0. The molecule has 0 saturated heterocycles. The predicted molar refractivity (Wildman–Crippen MR) is 47.8 cm³/mol. The number of benzene rings is 1. The molecule has 0 saturated carbocycles. The molecule has 0 atom stereocenters. The fourth-order valence-corrected chi connectivity index (χ4v) is 0.880. The summed E-state index contributed by atoms with van der Waals surface area (Å²) in [6, 6.07) is 7.94. The minimum Gasteiger partial charge on any atom is -0.345 e. The van der Waals surface area contributed by atoms with Crippen LogP contribution in [0.4, 0.5) is 0 Å². The van der Waals surface area contributed by atoms with Crippen LogP contribution in [0.2, 0.25) is 0 Å². The van der Waals surface area contributed by atoms with E-state index >= 15 is 0 Å². The molecule has 0 aliphatic heterocycles. The lowest BCUT2D eigenvalue weighted by Gasteiger charge is -1.81. The van der Waals surface area contributed by atoms with E-state index in [2.05, 4.69) is 9.97 Å². The molecule has 2 aromatic rings. The van der Waals surface area contributed by atoms with E-state index in [1.165, 1.54) is 0 Å². The summed E-state index contributed by atoms with van der Waals surface area (Å²) in [5, 5.41) is 0. The van der Waals surface area contributed by atoms with Gasteiger partial charge in [-0.15, -0.1) is 0 Å². The van der Waals surface area contributed by atoms with Crippen LogP contribution in [0, 0.1) is 0 Å². The Balaban J connectivity index is 0.000000500. The van der Waals surface area contributed by atoms with E-state index in [0.717, 1.165) is 11.0 Å². The van der Waals surface area contributed by atoms with E-state index in [4.69, 9.17) is 0 Å². The lowest BCUT2D eigenvalue weighted by molar-refractivity contribution is 1.34. The molecule has 0 spiro atoms. The zero-order valence-electron chi connectivity index (χ0n) is 5.54. The summed E-state index contributed by atoms with van der Waals surface area (Å²) in [6.45, 7) is 0. The quantitative estimate of drug-likeness (QED) is 0.607. The van der Waals surface area contributed by atoms with E-state index in [1.54, 1.807) is 6.33 Å². The van der Waals surface area contributed by atoms with Crippen molar-refractivity contribution in [2.45, 2.75) is 7.43 Å². The van der Waals surface area contributed by atoms with Gasteiger partial charge in [-0.05, 0) is 12.1 Å². The van der Waals surface area contributed by atoms with E-state index in [-0.39, 0.29) is 13.6 Å². The first-order chi connectivity index (χ1) is 4.47. The zero-order chi connectivity index (χ0) is 6.10. The Morgan fingerprint density at radius 3 is 2.64 bits per heavy atom. The van der Waals surface area contributed by atoms with Crippen LogP contribution in [0.5, 0.6) is 0 Å². The van der Waals surface area contributed by atoms with Crippen molar-refractivity contribution < 1.29 is 0 Å². The molecule has 0 unspecified atom stereocenters. The predicted octanol–water partition coefficient (Wildman–Crippen LogP) is 2.36. The molecule has 1 aromatic heterocycles. The number of H-pyrrole nitrogens is 1. The van der Waals surface area contributed by atoms with E-state index < -0.39 is 0 Å². The molecule has 1 heterocycles. The molecule has 0 fully saturated rings. The molecule has 0 aliphatic rings. The molecule has 0 bridgehead atoms. The fraction of sp³-hybridized carbons (Fsp3) is 0.125. The van der Waals surface area contributed by atoms with Gasteiger partial charge in [-0.25, -0.2) is 4.98 Å². The maximum atomic E-state index is 4.06. The van der Waals surface area contributed by atoms with Gasteiger partial charge in [0.1, 0.15) is 0 Å². The number of fused-ring (bicyclic) bond motifs is 1. The monoisotopic (exact) mass is 151 g/mol. The molecular weight excluding hydrogens is 138 g/mol. The average molecular weight is 151 g/mol. The number of hydrogen-bond acceptors (Lipinski definition) is 2. The van der Waals surface area contributed by atoms with Gasteiger partial charge in [0.2, 0.25) is 0 Å². The third-order valence-electron chi connectivity index (χ3n) is 1.33. The summed E-state index contributed by atoms with van der Waals surface area (Å²) in [7, 11) is 0. The van der Waals surface area contributed by atoms with Gasteiger partial charge in [0, 0.05) is 0 Å². The highest BCUT2D eigenvalue weighted by atomic mass is 14.9. The summed E-state index contributed by atoms with van der Waals surface area (Å²) in [4.78, 5) is 7.07. The Morgan fingerprint density at radius 1 is 1.18 bits per heavy atom. The maximum Gasteiger partial charge on any atom is 0.0931 e. The van der Waals surface area contributed by atoms with E-state index in [0.29, 0.717) is 0 Å². The van der Waals surface area contributed by atoms with Crippen LogP contribution in [-0.4, -0.2) is 9.97 Å². The molecule has 3 nitrogen and oxygen atoms in total. The molecule has 1 aromatic carbocycles. The van der Waals surface area contributed by atoms with Gasteiger partial charge < -0.3 is 11.1 Å². The van der Waals surface area contributed by atoms with Crippen LogP contribution in [-0.2, 0) is 0 Å². The normalized spacial score (nSPS) is 8.36. The SMILES string of the molecule is C.N.c1ccc2[nH]cnc2c1. The van der Waals surface area contributed by atoms with Crippen molar-refractivity contribution in [1.82, 2.24) is 16.1 Å². The Labute approximate surface area is 66.0 Å². The largest absolute Gasteiger partial charge is 0.345 e. The third-order valence-corrected chi connectivity index (χ3v) is 1.33. The van der Waals surface area contributed by atoms with Crippen LogP contribution in [0.3, 0.4) is 0 Å². The van der Waals surface area contributed by atoms with Gasteiger partial charge in [-0.2, -0.15) is 0 Å². The summed E-state index contributed by atoms with van der Waals surface area (Å²) in [5.41, 5.74) is 2.12. The van der Waals surface area contributed by atoms with Gasteiger partial charge >= 0.3 is 0 Å². The van der Waals surface area contributed by atoms with Crippen molar-refractivity contribution in [3.8, 4) is 0 Å². The maximum absolute atomic E-state index is 4.06. The molecular formula is C8H13N3. The van der Waals surface area contributed by atoms with Crippen molar-refractivity contribution in [3.63, 3.8) is 0 Å². The Hall–Kier alpha value is -1.35. The topological polar surface area (TPSA) is 63.7 Å². The van der Waals surface area contributed by atoms with Crippen molar-refractivity contribution >= 4 is 11.0 Å². The minimum atomic E-state index is 0. The number of nitrogens with one attached hydrogen (secondary N) is 1. The van der Waals surface area contributed by atoms with Crippen molar-refractivity contribution in [1.29, 1.82) is 0 Å². The second kappa shape index (κ2) is 3.73. The van der Waals surface area contributed by atoms with Gasteiger partial charge in [0.25, 0.3) is 0 Å². The molecule has 4 N–H and O–H groups in total. The smallest absolute Gasteiger partial charge is 0.0931 e. The first-order valence-corrected chi connectivity index (χ1v) is 2.85. The van der Waals surface area contributed by atoms with Crippen LogP contribution in [0.25, 0.3) is 11.0 Å². The first-order valence-electron chi connectivity index (χ1n) is 2.85. The molecule has 2 rings (SSSR count). The molecule has 60 valence electrons. The summed E-state index contributed by atoms with van der Waals surface area (Å²) >= 11 is 0. The lowest BCUT2D eigenvalue weighted by atomic mass is 10.3. The van der Waals surface area contributed by atoms with Crippen LogP contribution >= 0.6 is 0 Å². The Bertz CT molecular complexity index is 283. The summed E-state index contributed by atoms with van der Waals surface area (Å²) in [5.74, 6) is 0. The van der Waals surface area contributed by atoms with E-state index in [9.17, 15) is 0 Å². The van der Waals surface area contributed by atoms with Gasteiger partial charge in [-0.1, -0.05) is 19.6 Å². The number of imidazole rings is 1. The number of nitrogens with zero attached hydrogens (tertiary/aromatic N) is 1. The molecule has 3 heteroatoms. The van der Waals surface area contributed by atoms with Crippen molar-refractivity contribution in [2.75, 3.05) is 0 Å². The van der Waals surface area contributed by atoms with Gasteiger partial charge in [0.05, 0.1) is 17.4 Å². The van der Waals surface area contributed by atoms with Crippen LogP contribution in [0.1, 0.15) is 7.43 Å². The van der Waals surface area contributed by atoms with Crippen molar-refractivity contribution in [2.24, 2.45) is 0 Å². The fourth-order valence-electron chi connectivity index (χ4n) is 0.880. The van der Waals surface area contributed by atoms with E-state index in [1.807, 2.05) is 24.3 Å². The third kappa shape index (κ3) is 1.56. The summed E-state index contributed by atoms with van der Waals surface area (Å²) < 4.78 is 0. The number of aromatic amines is 1. The zero-order valence-corrected chi connectivity index (χ0v) is 5.54. The first kappa shape index (κ1) is 9.65. The highest BCUT2D eigenvalue weighted by Gasteiger charge is 1.88. The Morgan fingerprint density at radius 2 is 1.91 bits per heavy atom. The highest BCUT2D eigenvalue weighted by molar-refractivity contribution is 5.73. The molecule has 0 amide bonds. The molecule has 0 aliphatic carbocycles. The summed E-state index contributed by atoms with van der Waals surface area (Å²) in [6.07, 6.45) is 1.70. The average Bonchev–Trinajstić information content (AvgIpc) is 2.33. The second-order valence-corrected chi connectivity index (χ2v) is 1.92. The highest BCUT2D eigenvalue weighted by Crippen LogP contribution is 2.05. The van der Waals surface area contributed by atoms with Crippen LogP contribution in [0.15, 0.2) is 30.6 Å². The molecule has 11 heavy (non-hydrogen) atoms. The van der Waals surface area contributed by atoms with Crippen molar-refractivity contribution in [3.05, 3.63) is 30.6 Å². The Kier molecular flexibility index (Phi) is 3.27. The standard InChI is InChI=1S/C7H6N2.CH4.H3N/c1-2-4-7-6(3-1)8-5-9-7;;/h1-5H,(H,8,9);1H4;1H3. The van der Waals surface area contributed by atoms with Crippen LogP contribution < -0.4 is 6.15 Å².